The molecule has 1 aromatic heterocycles. The summed E-state index contributed by atoms with van der Waals surface area (Å²) >= 11 is 0. The summed E-state index contributed by atoms with van der Waals surface area (Å²) in [5.41, 5.74) is 1.61. The number of hydrogen-bond donors (Lipinski definition) is 2. The fraction of sp³-hybridized carbons (Fsp3) is 0.333. The van der Waals surface area contributed by atoms with Crippen LogP contribution in [0.4, 0.5) is 0 Å². The van der Waals surface area contributed by atoms with Crippen molar-refractivity contribution in [3.8, 4) is 11.3 Å². The molecule has 0 bridgehead atoms. The van der Waals surface area contributed by atoms with Crippen LogP contribution in [0.1, 0.15) is 23.4 Å². The van der Waals surface area contributed by atoms with Crippen molar-refractivity contribution in [3.63, 3.8) is 0 Å². The molecule has 1 aliphatic heterocycles. The van der Waals surface area contributed by atoms with Gasteiger partial charge in [0.25, 0.3) is 5.91 Å². The first kappa shape index (κ1) is 15.5. The molecule has 5 nitrogen and oxygen atoms in total. The minimum Gasteiger partial charge on any atom is -0.350 e. The number of aromatic nitrogens is 1. The van der Waals surface area contributed by atoms with Gasteiger partial charge in [-0.2, -0.15) is 0 Å². The Labute approximate surface area is 129 Å². The highest BCUT2D eigenvalue weighted by atomic mass is 35.5. The Morgan fingerprint density at radius 3 is 2.90 bits per heavy atom. The Morgan fingerprint density at radius 1 is 1.38 bits per heavy atom. The fourth-order valence-corrected chi connectivity index (χ4v) is 2.36. The van der Waals surface area contributed by atoms with Crippen molar-refractivity contribution in [3.05, 3.63) is 42.2 Å². The number of carbonyl (C=O) groups is 1. The summed E-state index contributed by atoms with van der Waals surface area (Å²) in [6.07, 6.45) is 2.27. The standard InChI is InChI=1S/C15H17N3O2.ClH/c19-15(17-10-12-7-4-8-16-12)14-9-13(18-20-14)11-5-2-1-3-6-11;/h1-3,5-6,9,12,16H,4,7-8,10H2,(H,17,19);1H. The molecule has 2 heterocycles. The number of hydrogen-bond acceptors (Lipinski definition) is 4. The minimum atomic E-state index is -0.214. The molecule has 21 heavy (non-hydrogen) atoms. The van der Waals surface area contributed by atoms with Gasteiger partial charge in [0.05, 0.1) is 0 Å². The molecule has 1 amide bonds. The van der Waals surface area contributed by atoms with Crippen molar-refractivity contribution in [2.75, 3.05) is 13.1 Å². The summed E-state index contributed by atoms with van der Waals surface area (Å²) in [6.45, 7) is 1.65. The van der Waals surface area contributed by atoms with Crippen LogP contribution in [0, 0.1) is 0 Å². The molecule has 1 unspecified atom stereocenters. The van der Waals surface area contributed by atoms with Gasteiger partial charge in [0.2, 0.25) is 5.76 Å². The molecule has 1 fully saturated rings. The Hall–Kier alpha value is -1.85. The molecule has 2 N–H and O–H groups in total. The monoisotopic (exact) mass is 307 g/mol. The third-order valence-electron chi connectivity index (χ3n) is 3.47. The van der Waals surface area contributed by atoms with Crippen LogP contribution in [0.2, 0.25) is 0 Å². The van der Waals surface area contributed by atoms with Gasteiger partial charge in [-0.3, -0.25) is 4.79 Å². The Kier molecular flexibility index (Phi) is 5.36. The second-order valence-corrected chi connectivity index (χ2v) is 4.95. The van der Waals surface area contributed by atoms with Crippen LogP contribution in [-0.2, 0) is 0 Å². The quantitative estimate of drug-likeness (QED) is 0.909. The van der Waals surface area contributed by atoms with Gasteiger partial charge in [-0.1, -0.05) is 35.5 Å². The van der Waals surface area contributed by atoms with E-state index in [1.165, 1.54) is 6.42 Å². The summed E-state index contributed by atoms with van der Waals surface area (Å²) in [5, 5.41) is 10.1. The first-order valence-electron chi connectivity index (χ1n) is 6.86. The Balaban J connectivity index is 0.00000161. The predicted molar refractivity (Wildman–Crippen MR) is 82.5 cm³/mol. The van der Waals surface area contributed by atoms with Crippen LogP contribution < -0.4 is 10.6 Å². The molecular formula is C15H18ClN3O2. The number of nitrogens with zero attached hydrogens (tertiary/aromatic N) is 1. The highest BCUT2D eigenvalue weighted by Crippen LogP contribution is 2.18. The maximum atomic E-state index is 12.0. The average molecular weight is 308 g/mol. The van der Waals surface area contributed by atoms with Crippen LogP contribution in [0.5, 0.6) is 0 Å². The normalized spacial score (nSPS) is 17.2. The summed E-state index contributed by atoms with van der Waals surface area (Å²) in [7, 11) is 0. The van der Waals surface area contributed by atoms with Crippen LogP contribution in [0.3, 0.4) is 0 Å². The lowest BCUT2D eigenvalue weighted by Crippen LogP contribution is -2.37. The fourth-order valence-electron chi connectivity index (χ4n) is 2.36. The molecule has 0 spiro atoms. The molecule has 3 rings (SSSR count). The molecule has 0 radical (unpaired) electrons. The summed E-state index contributed by atoms with van der Waals surface area (Å²) in [4.78, 5) is 12.0. The predicted octanol–water partition coefficient (Wildman–Crippen LogP) is 2.25. The number of nitrogens with one attached hydrogen (secondary N) is 2. The molecule has 0 saturated carbocycles. The molecule has 6 heteroatoms. The van der Waals surface area contributed by atoms with Crippen molar-refractivity contribution in [1.29, 1.82) is 0 Å². The highest BCUT2D eigenvalue weighted by molar-refractivity contribution is 5.92. The average Bonchev–Trinajstić information content (AvgIpc) is 3.17. The topological polar surface area (TPSA) is 67.2 Å². The van der Waals surface area contributed by atoms with Crippen molar-refractivity contribution >= 4 is 18.3 Å². The van der Waals surface area contributed by atoms with Gasteiger partial charge in [0.15, 0.2) is 0 Å². The van der Waals surface area contributed by atoms with Gasteiger partial charge in [-0.05, 0) is 19.4 Å². The van der Waals surface area contributed by atoms with E-state index in [2.05, 4.69) is 15.8 Å². The first-order valence-corrected chi connectivity index (χ1v) is 6.86. The zero-order chi connectivity index (χ0) is 13.8. The van der Waals surface area contributed by atoms with Gasteiger partial charge in [0.1, 0.15) is 5.69 Å². The van der Waals surface area contributed by atoms with Gasteiger partial charge in [-0.25, -0.2) is 0 Å². The van der Waals surface area contributed by atoms with E-state index in [0.29, 0.717) is 18.3 Å². The van der Waals surface area contributed by atoms with E-state index in [-0.39, 0.29) is 24.1 Å². The van der Waals surface area contributed by atoms with Crippen molar-refractivity contribution in [2.24, 2.45) is 0 Å². The third-order valence-corrected chi connectivity index (χ3v) is 3.47. The lowest BCUT2D eigenvalue weighted by Gasteiger charge is -2.09. The molecule has 0 aliphatic carbocycles. The van der Waals surface area contributed by atoms with Crippen molar-refractivity contribution < 1.29 is 9.32 Å². The van der Waals surface area contributed by atoms with E-state index in [1.54, 1.807) is 6.07 Å². The van der Waals surface area contributed by atoms with Crippen LogP contribution in [0.25, 0.3) is 11.3 Å². The van der Waals surface area contributed by atoms with Gasteiger partial charge >= 0.3 is 0 Å². The first-order chi connectivity index (χ1) is 9.83. The maximum Gasteiger partial charge on any atom is 0.289 e. The number of benzene rings is 1. The molecule has 1 aromatic carbocycles. The molecule has 1 atom stereocenters. The summed E-state index contributed by atoms with van der Waals surface area (Å²) in [6, 6.07) is 11.7. The van der Waals surface area contributed by atoms with Crippen LogP contribution in [-0.4, -0.2) is 30.2 Å². The SMILES string of the molecule is Cl.O=C(NCC1CCCN1)c1cc(-c2ccccc2)no1. The van der Waals surface area contributed by atoms with Gasteiger partial charge in [-0.15, -0.1) is 12.4 Å². The van der Waals surface area contributed by atoms with E-state index in [4.69, 9.17) is 4.52 Å². The van der Waals surface area contributed by atoms with Gasteiger partial charge < -0.3 is 15.2 Å². The second kappa shape index (κ2) is 7.24. The number of amides is 1. The van der Waals surface area contributed by atoms with Gasteiger partial charge in [0, 0.05) is 24.2 Å². The summed E-state index contributed by atoms with van der Waals surface area (Å²) < 4.78 is 5.11. The zero-order valence-corrected chi connectivity index (χ0v) is 12.4. The maximum absolute atomic E-state index is 12.0. The molecular weight excluding hydrogens is 290 g/mol. The van der Waals surface area contributed by atoms with E-state index >= 15 is 0 Å². The zero-order valence-electron chi connectivity index (χ0n) is 11.5. The molecule has 1 saturated heterocycles. The number of rotatable bonds is 4. The minimum absolute atomic E-state index is 0. The molecule has 2 aromatic rings. The molecule has 112 valence electrons. The second-order valence-electron chi connectivity index (χ2n) is 4.95. The Bertz CT molecular complexity index is 580. The lowest BCUT2D eigenvalue weighted by molar-refractivity contribution is 0.0913. The summed E-state index contributed by atoms with van der Waals surface area (Å²) in [5.74, 6) is 0.0373. The number of carbonyl (C=O) groups excluding carboxylic acids is 1. The van der Waals surface area contributed by atoms with Crippen LogP contribution >= 0.6 is 12.4 Å². The smallest absolute Gasteiger partial charge is 0.289 e. The lowest BCUT2D eigenvalue weighted by atomic mass is 10.1. The van der Waals surface area contributed by atoms with Crippen molar-refractivity contribution in [1.82, 2.24) is 15.8 Å². The van der Waals surface area contributed by atoms with E-state index < -0.39 is 0 Å². The Morgan fingerprint density at radius 2 is 2.19 bits per heavy atom. The van der Waals surface area contributed by atoms with E-state index in [1.807, 2.05) is 30.3 Å². The number of halogens is 1. The van der Waals surface area contributed by atoms with E-state index in [9.17, 15) is 4.79 Å². The van der Waals surface area contributed by atoms with Crippen molar-refractivity contribution in [2.45, 2.75) is 18.9 Å². The van der Waals surface area contributed by atoms with E-state index in [0.717, 1.165) is 18.5 Å². The third kappa shape index (κ3) is 3.83. The largest absolute Gasteiger partial charge is 0.350 e. The highest BCUT2D eigenvalue weighted by Gasteiger charge is 2.18. The molecule has 1 aliphatic rings. The van der Waals surface area contributed by atoms with Crippen LogP contribution in [0.15, 0.2) is 40.9 Å².